The third kappa shape index (κ3) is 1.85. The number of nitrogens with one attached hydrogen (secondary N) is 1. The topological polar surface area (TPSA) is 32.3 Å². The Morgan fingerprint density at radius 2 is 2.15 bits per heavy atom. The molecule has 2 unspecified atom stereocenters. The fourth-order valence-electron chi connectivity index (χ4n) is 2.03. The number of carbonyl (C=O) groups is 1. The molecule has 74 valence electrons. The second-order valence-electron chi connectivity index (χ2n) is 4.46. The van der Waals surface area contributed by atoms with Crippen LogP contribution in [-0.2, 0) is 4.79 Å². The fraction of sp³-hybridized carbons (Fsp3) is 0.900. The van der Waals surface area contributed by atoms with Crippen LogP contribution in [0.2, 0.25) is 0 Å². The molecule has 1 amide bonds. The summed E-state index contributed by atoms with van der Waals surface area (Å²) in [7, 11) is 0. The number of hydrogen-bond acceptors (Lipinski definition) is 2. The van der Waals surface area contributed by atoms with E-state index in [1.165, 1.54) is 0 Å². The third-order valence-electron chi connectivity index (χ3n) is 3.11. The molecular weight excluding hydrogens is 164 g/mol. The quantitative estimate of drug-likeness (QED) is 0.639. The van der Waals surface area contributed by atoms with Gasteiger partial charge in [0.05, 0.1) is 0 Å². The first-order chi connectivity index (χ1) is 6.18. The minimum Gasteiger partial charge on any atom is -0.340 e. The number of amides is 1. The normalized spacial score (nSPS) is 38.9. The van der Waals surface area contributed by atoms with Crippen LogP contribution in [0, 0.1) is 11.8 Å². The maximum Gasteiger partial charge on any atom is 0.226 e. The molecule has 3 heteroatoms. The summed E-state index contributed by atoms with van der Waals surface area (Å²) in [5.74, 6) is 1.38. The Morgan fingerprint density at radius 1 is 1.46 bits per heavy atom. The molecule has 0 bridgehead atoms. The van der Waals surface area contributed by atoms with E-state index in [2.05, 4.69) is 19.2 Å². The van der Waals surface area contributed by atoms with Gasteiger partial charge in [-0.1, -0.05) is 6.92 Å². The molecule has 2 aliphatic rings. The monoisotopic (exact) mass is 182 g/mol. The molecule has 2 fully saturated rings. The van der Waals surface area contributed by atoms with Gasteiger partial charge in [0.25, 0.3) is 0 Å². The smallest absolute Gasteiger partial charge is 0.226 e. The summed E-state index contributed by atoms with van der Waals surface area (Å²) >= 11 is 0. The Labute approximate surface area is 79.5 Å². The molecule has 1 saturated carbocycles. The second-order valence-corrected chi connectivity index (χ2v) is 4.46. The van der Waals surface area contributed by atoms with E-state index in [1.807, 2.05) is 4.90 Å². The highest BCUT2D eigenvalue weighted by molar-refractivity contribution is 5.81. The van der Waals surface area contributed by atoms with Gasteiger partial charge in [0, 0.05) is 31.6 Å². The fourth-order valence-corrected chi connectivity index (χ4v) is 2.03. The molecule has 0 aromatic carbocycles. The molecule has 0 spiro atoms. The first-order valence-corrected chi connectivity index (χ1v) is 5.20. The molecular formula is C10H18N2O. The summed E-state index contributed by atoms with van der Waals surface area (Å²) < 4.78 is 0. The number of nitrogens with zero attached hydrogens (tertiary/aromatic N) is 1. The van der Waals surface area contributed by atoms with Crippen LogP contribution in [0.3, 0.4) is 0 Å². The molecule has 2 rings (SSSR count). The Bertz CT molecular complexity index is 217. The zero-order valence-corrected chi connectivity index (χ0v) is 8.42. The van der Waals surface area contributed by atoms with Crippen molar-refractivity contribution in [1.82, 2.24) is 10.2 Å². The maximum atomic E-state index is 11.8. The van der Waals surface area contributed by atoms with E-state index in [-0.39, 0.29) is 0 Å². The van der Waals surface area contributed by atoms with E-state index < -0.39 is 0 Å². The number of carbonyl (C=O) groups excluding carboxylic acids is 1. The van der Waals surface area contributed by atoms with Crippen LogP contribution in [0.4, 0.5) is 0 Å². The highest BCUT2D eigenvalue weighted by atomic mass is 16.2. The van der Waals surface area contributed by atoms with Gasteiger partial charge in [0.1, 0.15) is 0 Å². The maximum absolute atomic E-state index is 11.8. The van der Waals surface area contributed by atoms with E-state index >= 15 is 0 Å². The van der Waals surface area contributed by atoms with Crippen LogP contribution in [0.25, 0.3) is 0 Å². The summed E-state index contributed by atoms with van der Waals surface area (Å²) in [4.78, 5) is 13.8. The van der Waals surface area contributed by atoms with Crippen molar-refractivity contribution in [2.24, 2.45) is 11.8 Å². The highest BCUT2D eigenvalue weighted by Gasteiger charge is 2.41. The van der Waals surface area contributed by atoms with Gasteiger partial charge < -0.3 is 10.2 Å². The van der Waals surface area contributed by atoms with Crippen LogP contribution in [0.5, 0.6) is 0 Å². The van der Waals surface area contributed by atoms with Crippen molar-refractivity contribution in [2.45, 2.75) is 26.3 Å². The minimum absolute atomic E-state index is 0.352. The molecule has 0 radical (unpaired) electrons. The lowest BCUT2D eigenvalue weighted by Crippen LogP contribution is -2.51. The van der Waals surface area contributed by atoms with Crippen LogP contribution in [0.15, 0.2) is 0 Å². The minimum atomic E-state index is 0.352. The number of hydrogen-bond donors (Lipinski definition) is 1. The first-order valence-electron chi connectivity index (χ1n) is 5.20. The van der Waals surface area contributed by atoms with Crippen LogP contribution < -0.4 is 5.32 Å². The Hall–Kier alpha value is -0.570. The van der Waals surface area contributed by atoms with Crippen molar-refractivity contribution in [3.8, 4) is 0 Å². The lowest BCUT2D eigenvalue weighted by molar-refractivity contribution is -0.134. The zero-order valence-electron chi connectivity index (χ0n) is 8.42. The zero-order chi connectivity index (χ0) is 9.42. The van der Waals surface area contributed by atoms with Crippen LogP contribution in [-0.4, -0.2) is 36.5 Å². The molecule has 1 aliphatic heterocycles. The SMILES string of the molecule is CC1CC1C(=O)N1CCN[C@H](C)C1. The summed E-state index contributed by atoms with van der Waals surface area (Å²) in [6, 6.07) is 0.465. The van der Waals surface area contributed by atoms with Gasteiger partial charge in [-0.3, -0.25) is 4.79 Å². The molecule has 1 N–H and O–H groups in total. The highest BCUT2D eigenvalue weighted by Crippen LogP contribution is 2.39. The van der Waals surface area contributed by atoms with Gasteiger partial charge >= 0.3 is 0 Å². The molecule has 3 atom stereocenters. The van der Waals surface area contributed by atoms with Crippen molar-refractivity contribution in [3.05, 3.63) is 0 Å². The predicted molar refractivity (Wildman–Crippen MR) is 51.3 cm³/mol. The molecule has 1 aliphatic carbocycles. The second kappa shape index (κ2) is 3.29. The van der Waals surface area contributed by atoms with Gasteiger partial charge in [0.15, 0.2) is 0 Å². The number of piperazine rings is 1. The van der Waals surface area contributed by atoms with Crippen LogP contribution in [0.1, 0.15) is 20.3 Å². The predicted octanol–water partition coefficient (Wildman–Crippen LogP) is 0.463. The average molecular weight is 182 g/mol. The van der Waals surface area contributed by atoms with Crippen LogP contribution >= 0.6 is 0 Å². The van der Waals surface area contributed by atoms with Gasteiger partial charge in [-0.25, -0.2) is 0 Å². The summed E-state index contributed by atoms with van der Waals surface area (Å²) in [6.07, 6.45) is 1.11. The van der Waals surface area contributed by atoms with E-state index in [4.69, 9.17) is 0 Å². The Kier molecular flexibility index (Phi) is 2.28. The molecule has 0 aromatic rings. The Morgan fingerprint density at radius 3 is 2.69 bits per heavy atom. The van der Waals surface area contributed by atoms with Crippen molar-refractivity contribution in [3.63, 3.8) is 0 Å². The molecule has 3 nitrogen and oxygen atoms in total. The first kappa shape index (κ1) is 9.00. The average Bonchev–Trinajstić information content (AvgIpc) is 2.81. The van der Waals surface area contributed by atoms with Gasteiger partial charge in [-0.15, -0.1) is 0 Å². The van der Waals surface area contributed by atoms with E-state index in [1.54, 1.807) is 0 Å². The molecule has 0 aromatic heterocycles. The van der Waals surface area contributed by atoms with Crippen molar-refractivity contribution in [1.29, 1.82) is 0 Å². The molecule has 1 saturated heterocycles. The van der Waals surface area contributed by atoms with Gasteiger partial charge in [-0.2, -0.15) is 0 Å². The summed E-state index contributed by atoms with van der Waals surface area (Å²) in [5, 5.41) is 3.34. The largest absolute Gasteiger partial charge is 0.340 e. The van der Waals surface area contributed by atoms with E-state index in [0.717, 1.165) is 26.1 Å². The molecule has 1 heterocycles. The van der Waals surface area contributed by atoms with Gasteiger partial charge in [-0.05, 0) is 19.3 Å². The Balaban J connectivity index is 1.88. The molecule has 13 heavy (non-hydrogen) atoms. The summed E-state index contributed by atoms with van der Waals surface area (Å²) in [6.45, 7) is 7.03. The third-order valence-corrected chi connectivity index (χ3v) is 3.11. The lowest BCUT2D eigenvalue weighted by Gasteiger charge is -2.32. The standard InChI is InChI=1S/C10H18N2O/c1-7-5-9(7)10(13)12-4-3-11-8(2)6-12/h7-9,11H,3-6H2,1-2H3/t7?,8-,9?/m1/s1. The van der Waals surface area contributed by atoms with Gasteiger partial charge in [0.2, 0.25) is 5.91 Å². The summed E-state index contributed by atoms with van der Waals surface area (Å²) in [5.41, 5.74) is 0. The van der Waals surface area contributed by atoms with E-state index in [9.17, 15) is 4.79 Å². The lowest BCUT2D eigenvalue weighted by atomic mass is 10.2. The number of rotatable bonds is 1. The van der Waals surface area contributed by atoms with Crippen molar-refractivity contribution >= 4 is 5.91 Å². The van der Waals surface area contributed by atoms with Crippen molar-refractivity contribution < 1.29 is 4.79 Å². The van der Waals surface area contributed by atoms with E-state index in [0.29, 0.717) is 23.8 Å². The van der Waals surface area contributed by atoms with Crippen molar-refractivity contribution in [2.75, 3.05) is 19.6 Å².